The summed E-state index contributed by atoms with van der Waals surface area (Å²) < 4.78 is 35.9. The molecule has 0 aliphatic carbocycles. The molecule has 0 aliphatic rings. The van der Waals surface area contributed by atoms with Crippen LogP contribution in [0.3, 0.4) is 0 Å². The fraction of sp³-hybridized carbons (Fsp3) is 0.333. The molecular weight excluding hydrogens is 187 g/mol. The van der Waals surface area contributed by atoms with Crippen molar-refractivity contribution in [2.75, 3.05) is 6.54 Å². The van der Waals surface area contributed by atoms with Crippen molar-refractivity contribution in [1.82, 2.24) is 10.2 Å². The van der Waals surface area contributed by atoms with Crippen molar-refractivity contribution in [3.63, 3.8) is 0 Å². The zero-order valence-electron chi connectivity index (χ0n) is 6.35. The van der Waals surface area contributed by atoms with Gasteiger partial charge in [0.1, 0.15) is 11.4 Å². The minimum Gasteiger partial charge on any atom is -0.324 e. The first-order valence-corrected chi connectivity index (χ1v) is 3.31. The molecule has 0 aliphatic heterocycles. The fourth-order valence-electron chi connectivity index (χ4n) is 0.714. The van der Waals surface area contributed by atoms with E-state index >= 15 is 0 Å². The Morgan fingerprint density at radius 3 is 2.62 bits per heavy atom. The van der Waals surface area contributed by atoms with Gasteiger partial charge >= 0.3 is 6.18 Å². The summed E-state index contributed by atoms with van der Waals surface area (Å²) >= 11 is 0. The highest BCUT2D eigenvalue weighted by molar-refractivity contribution is 5.95. The first kappa shape index (κ1) is 9.72. The summed E-state index contributed by atoms with van der Waals surface area (Å²) in [4.78, 5) is 10.8. The molecule has 7 heteroatoms. The predicted molar refractivity (Wildman–Crippen MR) is 37.0 cm³/mol. The van der Waals surface area contributed by atoms with Gasteiger partial charge in [-0.3, -0.25) is 9.89 Å². The monoisotopic (exact) mass is 193 g/mol. The number of hydrogen-bond donors (Lipinski definition) is 2. The summed E-state index contributed by atoms with van der Waals surface area (Å²) in [5, 5.41) is 4.89. The van der Waals surface area contributed by atoms with Crippen molar-refractivity contribution >= 4 is 5.78 Å². The van der Waals surface area contributed by atoms with E-state index in [4.69, 9.17) is 5.73 Å². The van der Waals surface area contributed by atoms with Crippen LogP contribution in [0.5, 0.6) is 0 Å². The van der Waals surface area contributed by atoms with Gasteiger partial charge in [0.2, 0.25) is 0 Å². The lowest BCUT2D eigenvalue weighted by atomic mass is 10.2. The number of hydrogen-bond acceptors (Lipinski definition) is 3. The van der Waals surface area contributed by atoms with Gasteiger partial charge < -0.3 is 5.73 Å². The van der Waals surface area contributed by atoms with Crippen LogP contribution in [0.4, 0.5) is 13.2 Å². The molecule has 0 amide bonds. The van der Waals surface area contributed by atoms with E-state index in [2.05, 4.69) is 5.10 Å². The topological polar surface area (TPSA) is 71.8 Å². The van der Waals surface area contributed by atoms with Crippen LogP contribution in [0.2, 0.25) is 0 Å². The number of alkyl halides is 3. The van der Waals surface area contributed by atoms with Crippen molar-refractivity contribution in [3.05, 3.63) is 17.5 Å². The number of nitrogens with zero attached hydrogens (tertiary/aromatic N) is 1. The third-order valence-electron chi connectivity index (χ3n) is 1.35. The van der Waals surface area contributed by atoms with Gasteiger partial charge in [-0.05, 0) is 6.07 Å². The van der Waals surface area contributed by atoms with Crippen LogP contribution in [0.25, 0.3) is 0 Å². The highest BCUT2D eigenvalue weighted by atomic mass is 19.4. The highest BCUT2D eigenvalue weighted by Gasteiger charge is 2.33. The van der Waals surface area contributed by atoms with Crippen molar-refractivity contribution in [2.24, 2.45) is 5.73 Å². The number of ketones is 1. The molecule has 1 aromatic rings. The van der Waals surface area contributed by atoms with Crippen LogP contribution >= 0.6 is 0 Å². The number of nitrogens with one attached hydrogen (secondary N) is 1. The van der Waals surface area contributed by atoms with Crippen molar-refractivity contribution < 1.29 is 18.0 Å². The Labute approximate surface area is 70.9 Å². The van der Waals surface area contributed by atoms with E-state index in [0.717, 1.165) is 0 Å². The second kappa shape index (κ2) is 3.17. The molecule has 0 atom stereocenters. The molecule has 0 aromatic carbocycles. The Morgan fingerprint density at radius 1 is 1.62 bits per heavy atom. The maximum absolute atomic E-state index is 12.0. The number of H-pyrrole nitrogens is 1. The average molecular weight is 193 g/mol. The van der Waals surface area contributed by atoms with Gasteiger partial charge in [0, 0.05) is 0 Å². The standard InChI is InChI=1S/C6H6F3N3O/c7-6(8,9)5-1-3(11-12-5)4(13)2-10/h1H,2,10H2,(H,11,12). The molecule has 0 radical (unpaired) electrons. The van der Waals surface area contributed by atoms with Crippen molar-refractivity contribution in [2.45, 2.75) is 6.18 Å². The summed E-state index contributed by atoms with van der Waals surface area (Å²) in [6.45, 7) is -0.359. The number of Topliss-reactive ketones (excluding diaryl/α,β-unsaturated/α-hetero) is 1. The smallest absolute Gasteiger partial charge is 0.324 e. The van der Waals surface area contributed by atoms with E-state index in [1.165, 1.54) is 0 Å². The quantitative estimate of drug-likeness (QED) is 0.674. The van der Waals surface area contributed by atoms with E-state index < -0.39 is 17.7 Å². The van der Waals surface area contributed by atoms with Gasteiger partial charge in [0.05, 0.1) is 6.54 Å². The third-order valence-corrected chi connectivity index (χ3v) is 1.35. The number of aromatic amines is 1. The van der Waals surface area contributed by atoms with E-state index in [9.17, 15) is 18.0 Å². The molecule has 0 spiro atoms. The molecular formula is C6H6F3N3O. The molecule has 0 bridgehead atoms. The molecule has 1 heterocycles. The number of carbonyl (C=O) groups excluding carboxylic acids is 1. The number of rotatable bonds is 2. The number of halogens is 3. The van der Waals surface area contributed by atoms with Crippen LogP contribution < -0.4 is 5.73 Å². The fourth-order valence-corrected chi connectivity index (χ4v) is 0.714. The average Bonchev–Trinajstić information content (AvgIpc) is 2.50. The molecule has 3 N–H and O–H groups in total. The van der Waals surface area contributed by atoms with Gasteiger partial charge in [0.25, 0.3) is 0 Å². The first-order chi connectivity index (χ1) is 5.95. The Hall–Kier alpha value is -1.37. The second-order valence-corrected chi connectivity index (χ2v) is 2.29. The summed E-state index contributed by atoms with van der Waals surface area (Å²) in [7, 11) is 0. The zero-order chi connectivity index (χ0) is 10.1. The maximum Gasteiger partial charge on any atom is 0.432 e. The molecule has 1 aromatic heterocycles. The Balaban J connectivity index is 2.93. The summed E-state index contributed by atoms with van der Waals surface area (Å²) in [6.07, 6.45) is -4.51. The minimum absolute atomic E-state index is 0.296. The highest BCUT2D eigenvalue weighted by Crippen LogP contribution is 2.27. The van der Waals surface area contributed by atoms with E-state index in [1.807, 2.05) is 0 Å². The van der Waals surface area contributed by atoms with Crippen molar-refractivity contribution in [1.29, 1.82) is 0 Å². The van der Waals surface area contributed by atoms with E-state index in [1.54, 1.807) is 5.10 Å². The maximum atomic E-state index is 12.0. The van der Waals surface area contributed by atoms with E-state index in [0.29, 0.717) is 6.07 Å². The Bertz CT molecular complexity index is 317. The minimum atomic E-state index is -4.51. The molecule has 4 nitrogen and oxygen atoms in total. The Morgan fingerprint density at radius 2 is 2.23 bits per heavy atom. The molecule has 0 saturated carbocycles. The van der Waals surface area contributed by atoms with Gasteiger partial charge in [-0.25, -0.2) is 0 Å². The van der Waals surface area contributed by atoms with Crippen LogP contribution in [0.1, 0.15) is 16.2 Å². The molecule has 0 unspecified atom stereocenters. The molecule has 72 valence electrons. The van der Waals surface area contributed by atoms with Crippen LogP contribution in [0.15, 0.2) is 6.07 Å². The first-order valence-electron chi connectivity index (χ1n) is 3.31. The van der Waals surface area contributed by atoms with Crippen LogP contribution in [-0.4, -0.2) is 22.5 Å². The van der Waals surface area contributed by atoms with Gasteiger partial charge in [-0.1, -0.05) is 0 Å². The van der Waals surface area contributed by atoms with E-state index in [-0.39, 0.29) is 12.2 Å². The van der Waals surface area contributed by atoms with Gasteiger partial charge in [-0.2, -0.15) is 18.3 Å². The number of aromatic nitrogens is 2. The summed E-state index contributed by atoms with van der Waals surface area (Å²) in [5.41, 5.74) is 3.59. The molecule has 1 rings (SSSR count). The lowest BCUT2D eigenvalue weighted by Crippen LogP contribution is -2.13. The molecule has 0 saturated heterocycles. The lowest BCUT2D eigenvalue weighted by Gasteiger charge is -1.99. The molecule has 13 heavy (non-hydrogen) atoms. The molecule has 0 fully saturated rings. The number of carbonyl (C=O) groups is 1. The predicted octanol–water partition coefficient (Wildman–Crippen LogP) is 0.570. The van der Waals surface area contributed by atoms with Crippen molar-refractivity contribution in [3.8, 4) is 0 Å². The Kier molecular flexibility index (Phi) is 2.37. The SMILES string of the molecule is NCC(=O)c1cc(C(F)(F)F)[nH]n1. The largest absolute Gasteiger partial charge is 0.432 e. The summed E-state index contributed by atoms with van der Waals surface area (Å²) in [5.74, 6) is -0.633. The van der Waals surface area contributed by atoms with Crippen LogP contribution in [-0.2, 0) is 6.18 Å². The number of nitrogens with two attached hydrogens (primary N) is 1. The third kappa shape index (κ3) is 2.05. The lowest BCUT2D eigenvalue weighted by molar-refractivity contribution is -0.141. The normalized spacial score (nSPS) is 11.7. The van der Waals surface area contributed by atoms with Gasteiger partial charge in [-0.15, -0.1) is 0 Å². The second-order valence-electron chi connectivity index (χ2n) is 2.29. The zero-order valence-corrected chi connectivity index (χ0v) is 6.35. The van der Waals surface area contributed by atoms with Gasteiger partial charge in [0.15, 0.2) is 5.78 Å². The van der Waals surface area contributed by atoms with Crippen LogP contribution in [0, 0.1) is 0 Å². The summed E-state index contributed by atoms with van der Waals surface area (Å²) in [6, 6.07) is 0.634.